The van der Waals surface area contributed by atoms with Crippen LogP contribution >= 0.6 is 0 Å². The van der Waals surface area contributed by atoms with E-state index in [9.17, 15) is 19.5 Å². The van der Waals surface area contributed by atoms with Crippen LogP contribution in [0.3, 0.4) is 0 Å². The molecular formula is C30H36N2O6. The van der Waals surface area contributed by atoms with Gasteiger partial charge >= 0.3 is 11.7 Å². The van der Waals surface area contributed by atoms with Gasteiger partial charge in [-0.25, -0.2) is 9.59 Å². The molecule has 8 heteroatoms. The minimum absolute atomic E-state index is 0.231. The maximum absolute atomic E-state index is 13.1. The van der Waals surface area contributed by atoms with Gasteiger partial charge in [0, 0.05) is 41.8 Å². The molecule has 1 amide bonds. The number of aromatic nitrogens is 1. The SMILES string of the molecule is CC(=Cc1cc2cc(CCC(C)C)ccc2n1C)C(=O)c1c(O)cc(C(C)CC/C=C/NC(=O)O)oc1=O. The van der Waals surface area contributed by atoms with Gasteiger partial charge < -0.3 is 19.2 Å². The number of carbonyl (C=O) groups is 2. The van der Waals surface area contributed by atoms with E-state index in [0.29, 0.717) is 24.3 Å². The highest BCUT2D eigenvalue weighted by molar-refractivity contribution is 6.12. The van der Waals surface area contributed by atoms with Gasteiger partial charge in [0.05, 0.1) is 0 Å². The molecule has 1 atom stereocenters. The Morgan fingerprint density at radius 3 is 2.53 bits per heavy atom. The van der Waals surface area contributed by atoms with E-state index in [1.807, 2.05) is 24.6 Å². The van der Waals surface area contributed by atoms with Crippen molar-refractivity contribution in [3.05, 3.63) is 81.2 Å². The van der Waals surface area contributed by atoms with Crippen LogP contribution in [0.1, 0.15) is 80.3 Å². The molecule has 2 aromatic heterocycles. The molecule has 202 valence electrons. The number of allylic oxidation sites excluding steroid dienone is 2. The second-order valence-corrected chi connectivity index (χ2v) is 10.1. The van der Waals surface area contributed by atoms with Crippen LogP contribution in [0.4, 0.5) is 4.79 Å². The molecule has 3 N–H and O–H groups in total. The summed E-state index contributed by atoms with van der Waals surface area (Å²) in [5.41, 5.74) is 2.14. The Balaban J connectivity index is 1.79. The predicted octanol–water partition coefficient (Wildman–Crippen LogP) is 6.38. The number of Topliss-reactive ketones (excluding diaryl/α,β-unsaturated/α-hetero) is 1. The van der Waals surface area contributed by atoms with Gasteiger partial charge in [-0.15, -0.1) is 0 Å². The molecule has 0 aliphatic heterocycles. The zero-order chi connectivity index (χ0) is 28.0. The first-order valence-corrected chi connectivity index (χ1v) is 12.8. The lowest BCUT2D eigenvalue weighted by Gasteiger charge is -2.11. The summed E-state index contributed by atoms with van der Waals surface area (Å²) < 4.78 is 7.38. The molecule has 0 aliphatic rings. The number of ketones is 1. The van der Waals surface area contributed by atoms with E-state index in [1.165, 1.54) is 17.8 Å². The summed E-state index contributed by atoms with van der Waals surface area (Å²) in [6, 6.07) is 9.70. The molecule has 3 aromatic rings. The van der Waals surface area contributed by atoms with Gasteiger partial charge in [-0.2, -0.15) is 0 Å². The molecule has 0 bridgehead atoms. The fraction of sp³-hybridized carbons (Fsp3) is 0.367. The summed E-state index contributed by atoms with van der Waals surface area (Å²) in [4.78, 5) is 36.3. The van der Waals surface area contributed by atoms with Crippen molar-refractivity contribution in [2.75, 3.05) is 0 Å². The third-order valence-electron chi connectivity index (χ3n) is 6.63. The van der Waals surface area contributed by atoms with Crippen LogP contribution in [0.5, 0.6) is 5.75 Å². The lowest BCUT2D eigenvalue weighted by molar-refractivity contribution is 0.102. The number of benzene rings is 1. The molecule has 38 heavy (non-hydrogen) atoms. The Hall–Kier alpha value is -4.07. The molecule has 1 unspecified atom stereocenters. The number of nitrogens with zero attached hydrogens (tertiary/aromatic N) is 1. The van der Waals surface area contributed by atoms with Gasteiger partial charge in [0.15, 0.2) is 5.78 Å². The average Bonchev–Trinajstić information content (AvgIpc) is 3.15. The van der Waals surface area contributed by atoms with Crippen molar-refractivity contribution < 1.29 is 24.2 Å². The number of carbonyl (C=O) groups excluding carboxylic acids is 1. The van der Waals surface area contributed by atoms with Gasteiger partial charge in [-0.3, -0.25) is 10.1 Å². The minimum atomic E-state index is -1.15. The van der Waals surface area contributed by atoms with Gasteiger partial charge in [0.2, 0.25) is 0 Å². The normalized spacial score (nSPS) is 12.9. The summed E-state index contributed by atoms with van der Waals surface area (Å²) in [7, 11) is 1.93. The average molecular weight is 521 g/mol. The number of nitrogens with one attached hydrogen (secondary N) is 1. The third kappa shape index (κ3) is 7.03. The summed E-state index contributed by atoms with van der Waals surface area (Å²) in [5, 5.41) is 22.3. The summed E-state index contributed by atoms with van der Waals surface area (Å²) in [6.45, 7) is 7.84. The van der Waals surface area contributed by atoms with Crippen molar-refractivity contribution in [2.45, 2.75) is 59.3 Å². The van der Waals surface area contributed by atoms with Crippen LogP contribution in [-0.4, -0.2) is 26.7 Å². The Morgan fingerprint density at radius 1 is 1.13 bits per heavy atom. The number of rotatable bonds is 11. The lowest BCUT2D eigenvalue weighted by Crippen LogP contribution is -2.16. The fourth-order valence-corrected chi connectivity index (χ4v) is 4.31. The Labute approximate surface area is 222 Å². The highest BCUT2D eigenvalue weighted by Gasteiger charge is 2.22. The first-order chi connectivity index (χ1) is 18.0. The molecule has 1 aromatic carbocycles. The van der Waals surface area contributed by atoms with Gasteiger partial charge in [-0.1, -0.05) is 32.9 Å². The number of fused-ring (bicyclic) bond motifs is 1. The van der Waals surface area contributed by atoms with Crippen LogP contribution < -0.4 is 10.9 Å². The molecule has 0 saturated heterocycles. The third-order valence-corrected chi connectivity index (χ3v) is 6.63. The molecule has 0 aliphatic carbocycles. The van der Waals surface area contributed by atoms with Crippen LogP contribution in [0.2, 0.25) is 0 Å². The van der Waals surface area contributed by atoms with E-state index in [4.69, 9.17) is 9.52 Å². The van der Waals surface area contributed by atoms with E-state index in [1.54, 1.807) is 19.1 Å². The highest BCUT2D eigenvalue weighted by atomic mass is 16.4. The number of aromatic hydroxyl groups is 1. The lowest BCUT2D eigenvalue weighted by atomic mass is 9.99. The Morgan fingerprint density at radius 2 is 1.87 bits per heavy atom. The summed E-state index contributed by atoms with van der Waals surface area (Å²) in [6.07, 6.45) is 6.72. The van der Waals surface area contributed by atoms with Crippen molar-refractivity contribution in [1.29, 1.82) is 0 Å². The number of hydrogen-bond donors (Lipinski definition) is 3. The largest absolute Gasteiger partial charge is 0.507 e. The van der Waals surface area contributed by atoms with Crippen LogP contribution in [0.15, 0.2) is 57.4 Å². The molecule has 0 saturated carbocycles. The van der Waals surface area contributed by atoms with Crippen molar-refractivity contribution in [3.63, 3.8) is 0 Å². The zero-order valence-electron chi connectivity index (χ0n) is 22.6. The fourth-order valence-electron chi connectivity index (χ4n) is 4.31. The van der Waals surface area contributed by atoms with E-state index < -0.39 is 28.8 Å². The smallest absolute Gasteiger partial charge is 0.408 e. The summed E-state index contributed by atoms with van der Waals surface area (Å²) >= 11 is 0. The predicted molar refractivity (Wildman–Crippen MR) is 149 cm³/mol. The Bertz CT molecular complexity index is 1440. The number of amides is 1. The minimum Gasteiger partial charge on any atom is -0.507 e. The number of aryl methyl sites for hydroxylation is 2. The molecule has 0 fully saturated rings. The topological polar surface area (TPSA) is 122 Å². The maximum atomic E-state index is 13.1. The van der Waals surface area contributed by atoms with Gasteiger partial charge in [0.25, 0.3) is 0 Å². The van der Waals surface area contributed by atoms with Gasteiger partial charge in [0.1, 0.15) is 17.1 Å². The Kier molecular flexibility index (Phi) is 9.34. The van der Waals surface area contributed by atoms with Crippen LogP contribution in [-0.2, 0) is 13.5 Å². The second kappa shape index (κ2) is 12.4. The van der Waals surface area contributed by atoms with Gasteiger partial charge in [-0.05, 0) is 73.9 Å². The molecule has 0 radical (unpaired) electrons. The van der Waals surface area contributed by atoms with Crippen molar-refractivity contribution >= 4 is 28.9 Å². The first kappa shape index (κ1) is 28.5. The van der Waals surface area contributed by atoms with E-state index >= 15 is 0 Å². The van der Waals surface area contributed by atoms with Crippen molar-refractivity contribution in [1.82, 2.24) is 9.88 Å². The standard InChI is InChI=1S/C30H36N2O6/c1-18(2)9-10-21-11-12-24-22(15-21)16-23(32(24)5)14-20(4)28(34)27-25(33)17-26(38-29(27)35)19(3)8-6-7-13-31-30(36)37/h7,11-19,31,33H,6,8-10H2,1-5H3,(H,36,37)/b13-7+,20-14?. The second-order valence-electron chi connectivity index (χ2n) is 10.1. The van der Waals surface area contributed by atoms with E-state index in [-0.39, 0.29) is 11.7 Å². The molecule has 8 nitrogen and oxygen atoms in total. The monoisotopic (exact) mass is 520 g/mol. The van der Waals surface area contributed by atoms with Crippen LogP contribution in [0, 0.1) is 5.92 Å². The van der Waals surface area contributed by atoms with Crippen molar-refractivity contribution in [3.8, 4) is 5.75 Å². The van der Waals surface area contributed by atoms with E-state index in [2.05, 4.69) is 37.4 Å². The maximum Gasteiger partial charge on any atom is 0.408 e. The van der Waals surface area contributed by atoms with E-state index in [0.717, 1.165) is 29.4 Å². The molecule has 3 rings (SSSR count). The zero-order valence-corrected chi connectivity index (χ0v) is 22.6. The van der Waals surface area contributed by atoms with Crippen molar-refractivity contribution in [2.24, 2.45) is 13.0 Å². The van der Waals surface area contributed by atoms with Crippen LogP contribution in [0.25, 0.3) is 17.0 Å². The molecule has 2 heterocycles. The quantitative estimate of drug-likeness (QED) is 0.199. The summed E-state index contributed by atoms with van der Waals surface area (Å²) in [5.74, 6) is -0.362. The number of carboxylic acid groups (broad SMARTS) is 1. The molecular weight excluding hydrogens is 484 g/mol. The number of hydrogen-bond acceptors (Lipinski definition) is 5. The first-order valence-electron chi connectivity index (χ1n) is 12.8. The highest BCUT2D eigenvalue weighted by Crippen LogP contribution is 2.27. The molecule has 0 spiro atoms.